The van der Waals surface area contributed by atoms with Gasteiger partial charge in [-0.3, -0.25) is 4.79 Å². The van der Waals surface area contributed by atoms with E-state index in [-0.39, 0.29) is 5.69 Å². The molecule has 1 amide bonds. The number of nitrogens with one attached hydrogen (secondary N) is 1. The van der Waals surface area contributed by atoms with Gasteiger partial charge in [-0.05, 0) is 24.3 Å². The van der Waals surface area contributed by atoms with Crippen LogP contribution in [0.3, 0.4) is 0 Å². The number of rotatable bonds is 2. The Labute approximate surface area is 119 Å². The van der Waals surface area contributed by atoms with E-state index in [9.17, 15) is 9.18 Å². The number of hydrogen-bond acceptors (Lipinski definition) is 4. The molecule has 2 heterocycles. The van der Waals surface area contributed by atoms with Gasteiger partial charge in [0.15, 0.2) is 0 Å². The maximum absolute atomic E-state index is 12.7. The van der Waals surface area contributed by atoms with Gasteiger partial charge in [0.1, 0.15) is 5.69 Å². The number of halogens is 1. The average molecular weight is 282 g/mol. The number of carbonyl (C=O) groups is 1. The second kappa shape index (κ2) is 5.16. The minimum atomic E-state index is -0.610. The van der Waals surface area contributed by atoms with Crippen LogP contribution in [0.15, 0.2) is 48.7 Å². The predicted molar refractivity (Wildman–Crippen MR) is 78.3 cm³/mol. The molecule has 6 heteroatoms. The van der Waals surface area contributed by atoms with Gasteiger partial charge in [0.05, 0.1) is 17.4 Å². The number of nitrogen functional groups attached to an aromatic ring is 1. The number of hydrogen-bond donors (Lipinski definition) is 2. The molecule has 0 saturated carbocycles. The minimum absolute atomic E-state index is 0.190. The molecular formula is C15H11FN4O. The Kier molecular flexibility index (Phi) is 3.19. The summed E-state index contributed by atoms with van der Waals surface area (Å²) in [7, 11) is 0. The van der Waals surface area contributed by atoms with Gasteiger partial charge < -0.3 is 11.1 Å². The lowest BCUT2D eigenvalue weighted by Crippen LogP contribution is -2.14. The number of anilines is 2. The lowest BCUT2D eigenvalue weighted by molar-refractivity contribution is 0.102. The van der Waals surface area contributed by atoms with Crippen LogP contribution in [0, 0.1) is 5.95 Å². The second-order valence-electron chi connectivity index (χ2n) is 4.44. The van der Waals surface area contributed by atoms with Crippen LogP contribution >= 0.6 is 0 Å². The molecule has 3 N–H and O–H groups in total. The summed E-state index contributed by atoms with van der Waals surface area (Å²) in [5, 5.41) is 3.38. The molecule has 2 aromatic heterocycles. The summed E-state index contributed by atoms with van der Waals surface area (Å²) < 4.78 is 12.7. The Bertz CT molecular complexity index is 818. The summed E-state index contributed by atoms with van der Waals surface area (Å²) in [6.45, 7) is 0. The van der Waals surface area contributed by atoms with Gasteiger partial charge in [0.2, 0.25) is 5.95 Å². The Morgan fingerprint density at radius 2 is 2.00 bits per heavy atom. The molecule has 104 valence electrons. The highest BCUT2D eigenvalue weighted by molar-refractivity contribution is 6.05. The Hall–Kier alpha value is -3.02. The lowest BCUT2D eigenvalue weighted by atomic mass is 10.1. The molecule has 0 bridgehead atoms. The molecule has 0 fully saturated rings. The van der Waals surface area contributed by atoms with Crippen LogP contribution in [0.5, 0.6) is 0 Å². The standard InChI is InChI=1S/C15H11FN4O/c16-14-6-5-9(8-18-14)19-15(21)13-7-11(17)10-3-1-2-4-12(10)20-13/h1-8H,(H2,17,20)(H,19,21). The van der Waals surface area contributed by atoms with Crippen LogP contribution < -0.4 is 11.1 Å². The number of amides is 1. The van der Waals surface area contributed by atoms with Crippen molar-refractivity contribution < 1.29 is 9.18 Å². The van der Waals surface area contributed by atoms with Gasteiger partial charge in [0, 0.05) is 11.1 Å². The molecule has 5 nitrogen and oxygen atoms in total. The number of aromatic nitrogens is 2. The van der Waals surface area contributed by atoms with Gasteiger partial charge >= 0.3 is 0 Å². The number of nitrogens with zero attached hydrogens (tertiary/aromatic N) is 2. The molecule has 3 aromatic rings. The first kappa shape index (κ1) is 13.0. The van der Waals surface area contributed by atoms with Gasteiger partial charge in [-0.2, -0.15) is 4.39 Å². The monoisotopic (exact) mass is 282 g/mol. The lowest BCUT2D eigenvalue weighted by Gasteiger charge is -2.07. The van der Waals surface area contributed by atoms with Crippen molar-refractivity contribution in [2.45, 2.75) is 0 Å². The van der Waals surface area contributed by atoms with Crippen LogP contribution in [0.25, 0.3) is 10.9 Å². The van der Waals surface area contributed by atoms with Crippen LogP contribution in [-0.4, -0.2) is 15.9 Å². The quantitative estimate of drug-likeness (QED) is 0.708. The third-order valence-corrected chi connectivity index (χ3v) is 2.97. The largest absolute Gasteiger partial charge is 0.398 e. The molecular weight excluding hydrogens is 271 g/mol. The number of fused-ring (bicyclic) bond motifs is 1. The van der Waals surface area contributed by atoms with Crippen LogP contribution in [0.2, 0.25) is 0 Å². The number of carbonyl (C=O) groups excluding carboxylic acids is 1. The SMILES string of the molecule is Nc1cc(C(=O)Nc2ccc(F)nc2)nc2ccccc12. The van der Waals surface area contributed by atoms with E-state index in [4.69, 9.17) is 5.73 Å². The first-order chi connectivity index (χ1) is 10.1. The van der Waals surface area contributed by atoms with E-state index < -0.39 is 11.9 Å². The van der Waals surface area contributed by atoms with Gasteiger partial charge in [-0.15, -0.1) is 0 Å². The van der Waals surface area contributed by atoms with Gasteiger partial charge in [-0.25, -0.2) is 9.97 Å². The van der Waals surface area contributed by atoms with Crippen LogP contribution in [0.1, 0.15) is 10.5 Å². The molecule has 21 heavy (non-hydrogen) atoms. The van der Waals surface area contributed by atoms with Crippen molar-refractivity contribution in [3.8, 4) is 0 Å². The number of para-hydroxylation sites is 1. The molecule has 0 aliphatic rings. The van der Waals surface area contributed by atoms with Crippen molar-refractivity contribution in [2.75, 3.05) is 11.1 Å². The van der Waals surface area contributed by atoms with Crippen LogP contribution in [-0.2, 0) is 0 Å². The maximum atomic E-state index is 12.7. The summed E-state index contributed by atoms with van der Waals surface area (Å²) in [5.74, 6) is -1.04. The molecule has 0 spiro atoms. The summed E-state index contributed by atoms with van der Waals surface area (Å²) in [4.78, 5) is 19.9. The first-order valence-corrected chi connectivity index (χ1v) is 6.21. The molecule has 0 aliphatic heterocycles. The highest BCUT2D eigenvalue weighted by Gasteiger charge is 2.11. The Morgan fingerprint density at radius 3 is 2.76 bits per heavy atom. The highest BCUT2D eigenvalue weighted by atomic mass is 19.1. The average Bonchev–Trinajstić information content (AvgIpc) is 2.49. The molecule has 1 aromatic carbocycles. The molecule has 0 unspecified atom stereocenters. The van der Waals surface area contributed by atoms with E-state index in [1.807, 2.05) is 18.2 Å². The van der Waals surface area contributed by atoms with E-state index in [1.54, 1.807) is 6.07 Å². The molecule has 0 saturated heterocycles. The normalized spacial score (nSPS) is 10.5. The number of pyridine rings is 2. The van der Waals surface area contributed by atoms with E-state index in [0.717, 1.165) is 11.5 Å². The molecule has 0 atom stereocenters. The smallest absolute Gasteiger partial charge is 0.274 e. The zero-order valence-electron chi connectivity index (χ0n) is 10.9. The van der Waals surface area contributed by atoms with Gasteiger partial charge in [-0.1, -0.05) is 18.2 Å². The maximum Gasteiger partial charge on any atom is 0.274 e. The highest BCUT2D eigenvalue weighted by Crippen LogP contribution is 2.20. The minimum Gasteiger partial charge on any atom is -0.398 e. The summed E-state index contributed by atoms with van der Waals surface area (Å²) in [6.07, 6.45) is 1.23. The van der Waals surface area contributed by atoms with E-state index >= 15 is 0 Å². The fourth-order valence-corrected chi connectivity index (χ4v) is 1.96. The van der Waals surface area contributed by atoms with E-state index in [0.29, 0.717) is 16.9 Å². The summed E-state index contributed by atoms with van der Waals surface area (Å²) >= 11 is 0. The number of benzene rings is 1. The zero-order chi connectivity index (χ0) is 14.8. The summed E-state index contributed by atoms with van der Waals surface area (Å²) in [6, 6.07) is 11.4. The van der Waals surface area contributed by atoms with Crippen LogP contribution in [0.4, 0.5) is 15.8 Å². The predicted octanol–water partition coefficient (Wildman–Crippen LogP) is 2.60. The fourth-order valence-electron chi connectivity index (χ4n) is 1.96. The third kappa shape index (κ3) is 2.64. The van der Waals surface area contributed by atoms with E-state index in [2.05, 4.69) is 15.3 Å². The topological polar surface area (TPSA) is 80.9 Å². The van der Waals surface area contributed by atoms with Crippen molar-refractivity contribution in [3.05, 3.63) is 60.3 Å². The first-order valence-electron chi connectivity index (χ1n) is 6.21. The molecule has 0 aliphatic carbocycles. The van der Waals surface area contributed by atoms with Crippen molar-refractivity contribution in [3.63, 3.8) is 0 Å². The van der Waals surface area contributed by atoms with Crippen molar-refractivity contribution >= 4 is 28.2 Å². The zero-order valence-corrected chi connectivity index (χ0v) is 10.9. The van der Waals surface area contributed by atoms with Crippen molar-refractivity contribution in [1.29, 1.82) is 0 Å². The summed E-state index contributed by atoms with van der Waals surface area (Å²) in [5.41, 5.74) is 7.61. The van der Waals surface area contributed by atoms with Crippen molar-refractivity contribution in [1.82, 2.24) is 9.97 Å². The molecule has 3 rings (SSSR count). The molecule has 0 radical (unpaired) electrons. The number of nitrogens with two attached hydrogens (primary N) is 1. The van der Waals surface area contributed by atoms with Crippen molar-refractivity contribution in [2.24, 2.45) is 0 Å². The second-order valence-corrected chi connectivity index (χ2v) is 4.44. The van der Waals surface area contributed by atoms with Gasteiger partial charge in [0.25, 0.3) is 5.91 Å². The fraction of sp³-hybridized carbons (Fsp3) is 0. The third-order valence-electron chi connectivity index (χ3n) is 2.97. The Balaban J connectivity index is 1.92. The Morgan fingerprint density at radius 1 is 1.19 bits per heavy atom. The van der Waals surface area contributed by atoms with E-state index in [1.165, 1.54) is 18.3 Å².